The van der Waals surface area contributed by atoms with Gasteiger partial charge in [-0.25, -0.2) is 0 Å². The van der Waals surface area contributed by atoms with Crippen LogP contribution in [0.3, 0.4) is 0 Å². The largest absolute Gasteiger partial charge is 0.0651 e. The van der Waals surface area contributed by atoms with Crippen molar-refractivity contribution in [3.8, 4) is 0 Å². The minimum Gasteiger partial charge on any atom is -0.0651 e. The molecule has 8 saturated carbocycles. The highest BCUT2D eigenvalue weighted by Gasteiger charge is 2.53. The Balaban J connectivity index is 0.000000115. The normalized spacial score (nSPS) is 58.6. The van der Waals surface area contributed by atoms with E-state index in [0.29, 0.717) is 0 Å². The molecule has 0 aromatic heterocycles. The molecule has 0 amide bonds. The SMILES string of the molecule is CCC1C2CC3CC1CC(C)(C3)C2.CCC1C2CC3CC1CC(C)(C3)C2. The molecule has 0 N–H and O–H groups in total. The fourth-order valence-electron chi connectivity index (χ4n) is 10.4. The van der Waals surface area contributed by atoms with Crippen LogP contribution in [0, 0.1) is 58.2 Å². The van der Waals surface area contributed by atoms with Crippen LogP contribution in [0.25, 0.3) is 0 Å². The van der Waals surface area contributed by atoms with Gasteiger partial charge in [-0.05, 0) is 122 Å². The van der Waals surface area contributed by atoms with Crippen molar-refractivity contribution < 1.29 is 0 Å². The minimum atomic E-state index is 0.780. The van der Waals surface area contributed by atoms with Crippen molar-refractivity contribution in [3.05, 3.63) is 0 Å². The van der Waals surface area contributed by atoms with E-state index in [-0.39, 0.29) is 0 Å². The first-order valence-electron chi connectivity index (χ1n) is 12.4. The molecule has 8 aliphatic carbocycles. The zero-order valence-corrected chi connectivity index (χ0v) is 18.1. The van der Waals surface area contributed by atoms with Crippen LogP contribution < -0.4 is 0 Å². The summed E-state index contributed by atoms with van der Waals surface area (Å²) in [6, 6.07) is 0. The van der Waals surface area contributed by atoms with Crippen LogP contribution in [0.2, 0.25) is 0 Å². The second kappa shape index (κ2) is 6.25. The molecule has 26 heavy (non-hydrogen) atoms. The van der Waals surface area contributed by atoms with Crippen molar-refractivity contribution in [3.63, 3.8) is 0 Å². The van der Waals surface area contributed by atoms with Crippen LogP contribution in [0.5, 0.6) is 0 Å². The maximum absolute atomic E-state index is 2.56. The van der Waals surface area contributed by atoms with Gasteiger partial charge >= 0.3 is 0 Å². The van der Waals surface area contributed by atoms with Crippen molar-refractivity contribution in [2.45, 2.75) is 105 Å². The first kappa shape index (κ1) is 18.1. The van der Waals surface area contributed by atoms with Crippen molar-refractivity contribution in [1.82, 2.24) is 0 Å². The average Bonchev–Trinajstić information content (AvgIpc) is 2.52. The van der Waals surface area contributed by atoms with Crippen molar-refractivity contribution in [2.24, 2.45) is 58.2 Å². The molecular formula is C26H44. The Morgan fingerprint density at radius 2 is 0.846 bits per heavy atom. The highest BCUT2D eigenvalue weighted by molar-refractivity contribution is 5.03. The molecule has 4 atom stereocenters. The van der Waals surface area contributed by atoms with Gasteiger partial charge in [-0.3, -0.25) is 0 Å². The molecule has 8 fully saturated rings. The summed E-state index contributed by atoms with van der Waals surface area (Å²) in [5.74, 6) is 9.00. The molecule has 148 valence electrons. The second-order valence-corrected chi connectivity index (χ2v) is 12.7. The molecule has 0 nitrogen and oxygen atoms in total. The van der Waals surface area contributed by atoms with E-state index in [1.165, 1.54) is 12.8 Å². The summed E-state index contributed by atoms with van der Waals surface area (Å²) in [4.78, 5) is 0. The number of hydrogen-bond donors (Lipinski definition) is 0. The third kappa shape index (κ3) is 2.91. The lowest BCUT2D eigenvalue weighted by molar-refractivity contribution is -0.0869. The lowest BCUT2D eigenvalue weighted by Crippen LogP contribution is -2.49. The second-order valence-electron chi connectivity index (χ2n) is 12.7. The van der Waals surface area contributed by atoms with E-state index in [9.17, 15) is 0 Å². The highest BCUT2D eigenvalue weighted by atomic mass is 14.6. The molecule has 8 bridgehead atoms. The standard InChI is InChI=1S/2C13H22/c2*1-3-12-10-4-9-5-11(12)8-13(2,6-9)7-10/h2*9-12H,3-8H2,1-2H3. The Morgan fingerprint density at radius 3 is 1.08 bits per heavy atom. The molecular weight excluding hydrogens is 312 g/mol. The lowest BCUT2D eigenvalue weighted by Gasteiger charge is -2.59. The topological polar surface area (TPSA) is 0 Å². The third-order valence-electron chi connectivity index (χ3n) is 10.5. The summed E-state index contributed by atoms with van der Waals surface area (Å²) in [6.07, 6.45) is 18.7. The van der Waals surface area contributed by atoms with Gasteiger partial charge in [0.2, 0.25) is 0 Å². The Morgan fingerprint density at radius 1 is 0.538 bits per heavy atom. The molecule has 0 aromatic rings. The molecule has 0 aromatic carbocycles. The smallest absolute Gasteiger partial charge is 0.0318 e. The van der Waals surface area contributed by atoms with Crippen molar-refractivity contribution >= 4 is 0 Å². The number of rotatable bonds is 2. The molecule has 0 radical (unpaired) electrons. The fourth-order valence-corrected chi connectivity index (χ4v) is 10.4. The Labute approximate surface area is 163 Å². The van der Waals surface area contributed by atoms with Crippen LogP contribution in [0.1, 0.15) is 105 Å². The first-order chi connectivity index (χ1) is 12.4. The molecule has 8 rings (SSSR count). The summed E-state index contributed by atoms with van der Waals surface area (Å²) >= 11 is 0. The average molecular weight is 357 g/mol. The summed E-state index contributed by atoms with van der Waals surface area (Å²) in [6.45, 7) is 9.94. The van der Waals surface area contributed by atoms with Crippen molar-refractivity contribution in [2.75, 3.05) is 0 Å². The maximum Gasteiger partial charge on any atom is -0.0318 e. The van der Waals surface area contributed by atoms with Gasteiger partial charge < -0.3 is 0 Å². The maximum atomic E-state index is 2.56. The Bertz CT molecular complexity index is 452. The third-order valence-corrected chi connectivity index (χ3v) is 10.5. The minimum absolute atomic E-state index is 0.780. The molecule has 0 spiro atoms. The Kier molecular flexibility index (Phi) is 4.34. The lowest BCUT2D eigenvalue weighted by atomic mass is 9.46. The van der Waals surface area contributed by atoms with Gasteiger partial charge in [0.25, 0.3) is 0 Å². The van der Waals surface area contributed by atoms with Gasteiger partial charge in [0.1, 0.15) is 0 Å². The van der Waals surface area contributed by atoms with Gasteiger partial charge in [-0.2, -0.15) is 0 Å². The highest BCUT2D eigenvalue weighted by Crippen LogP contribution is 2.63. The molecule has 0 aliphatic heterocycles. The summed E-state index contributed by atoms with van der Waals surface area (Å²) in [7, 11) is 0. The zero-order valence-electron chi connectivity index (χ0n) is 18.1. The first-order valence-corrected chi connectivity index (χ1v) is 12.4. The van der Waals surface area contributed by atoms with Gasteiger partial charge in [0.05, 0.1) is 0 Å². The fraction of sp³-hybridized carbons (Fsp3) is 1.00. The van der Waals surface area contributed by atoms with Crippen LogP contribution in [0.4, 0.5) is 0 Å². The van der Waals surface area contributed by atoms with Gasteiger partial charge in [-0.15, -0.1) is 0 Å². The van der Waals surface area contributed by atoms with E-state index in [4.69, 9.17) is 0 Å². The molecule has 8 aliphatic rings. The quantitative estimate of drug-likeness (QED) is 0.475. The molecule has 4 unspecified atom stereocenters. The van der Waals surface area contributed by atoms with E-state index < -0.39 is 0 Å². The van der Waals surface area contributed by atoms with Crippen molar-refractivity contribution in [1.29, 1.82) is 0 Å². The zero-order chi connectivity index (χ0) is 18.1. The molecule has 0 saturated heterocycles. The summed E-state index contributed by atoms with van der Waals surface area (Å²) in [5, 5.41) is 0. The van der Waals surface area contributed by atoms with E-state index in [0.717, 1.165) is 58.2 Å². The van der Waals surface area contributed by atoms with Crippen LogP contribution in [-0.4, -0.2) is 0 Å². The number of hydrogen-bond acceptors (Lipinski definition) is 0. The van der Waals surface area contributed by atoms with Crippen LogP contribution in [-0.2, 0) is 0 Å². The van der Waals surface area contributed by atoms with E-state index in [1.54, 1.807) is 64.2 Å². The Hall–Kier alpha value is 0. The van der Waals surface area contributed by atoms with E-state index in [2.05, 4.69) is 27.7 Å². The van der Waals surface area contributed by atoms with Crippen LogP contribution >= 0.6 is 0 Å². The van der Waals surface area contributed by atoms with Crippen LogP contribution in [0.15, 0.2) is 0 Å². The molecule has 0 heterocycles. The monoisotopic (exact) mass is 356 g/mol. The van der Waals surface area contributed by atoms with Gasteiger partial charge in [0.15, 0.2) is 0 Å². The van der Waals surface area contributed by atoms with Gasteiger partial charge in [0, 0.05) is 0 Å². The predicted octanol–water partition coefficient (Wildman–Crippen LogP) is 7.72. The van der Waals surface area contributed by atoms with E-state index >= 15 is 0 Å². The summed E-state index contributed by atoms with van der Waals surface area (Å²) in [5.41, 5.74) is 1.56. The van der Waals surface area contributed by atoms with E-state index in [1.807, 2.05) is 0 Å². The van der Waals surface area contributed by atoms with Gasteiger partial charge in [-0.1, -0.05) is 40.5 Å². The predicted molar refractivity (Wildman–Crippen MR) is 111 cm³/mol. The molecule has 0 heteroatoms. The summed E-state index contributed by atoms with van der Waals surface area (Å²) < 4.78 is 0.